The normalized spacial score (nSPS) is 17.1. The van der Waals surface area contributed by atoms with Gasteiger partial charge in [0.1, 0.15) is 5.82 Å². The van der Waals surface area contributed by atoms with E-state index in [9.17, 15) is 4.79 Å². The Morgan fingerprint density at radius 1 is 1.06 bits per heavy atom. The van der Waals surface area contributed by atoms with Crippen molar-refractivity contribution >= 4 is 22.5 Å². The van der Waals surface area contributed by atoms with Crippen LogP contribution in [0.1, 0.15) is 28.9 Å². The Morgan fingerprint density at radius 2 is 1.91 bits per heavy atom. The molecule has 4 aromatic rings. The molecule has 2 aliphatic rings. The van der Waals surface area contributed by atoms with Crippen molar-refractivity contribution in [2.75, 3.05) is 31.1 Å². The van der Waals surface area contributed by atoms with Gasteiger partial charge in [-0.1, -0.05) is 6.07 Å². The van der Waals surface area contributed by atoms with Crippen LogP contribution in [0.5, 0.6) is 0 Å². The molecule has 0 atom stereocenters. The number of aryl methyl sites for hydroxylation is 1. The number of nitrogens with one attached hydrogen (secondary N) is 1. The minimum Gasteiger partial charge on any atom is -0.357 e. The molecule has 3 aromatic heterocycles. The molecule has 6 rings (SSSR count). The Labute approximate surface area is 198 Å². The van der Waals surface area contributed by atoms with Crippen molar-refractivity contribution in [1.29, 1.82) is 0 Å². The van der Waals surface area contributed by atoms with Crippen molar-refractivity contribution in [1.82, 2.24) is 30.3 Å². The largest absolute Gasteiger partial charge is 0.357 e. The maximum atomic E-state index is 13.1. The maximum Gasteiger partial charge on any atom is 0.169 e. The molecule has 0 bridgehead atoms. The SMILES string of the molecule is Cn1cc(-c2ccc3nnc(CC(=O)c4ccnc(N5CCC6(CC5)CNC6)c4)cc3c2)cn1. The molecule has 0 radical (unpaired) electrons. The molecule has 0 amide bonds. The summed E-state index contributed by atoms with van der Waals surface area (Å²) >= 11 is 0. The zero-order valence-corrected chi connectivity index (χ0v) is 19.2. The van der Waals surface area contributed by atoms with Gasteiger partial charge in [0.05, 0.1) is 23.8 Å². The van der Waals surface area contributed by atoms with Gasteiger partial charge >= 0.3 is 0 Å². The molecule has 1 spiro atoms. The predicted octanol–water partition coefficient (Wildman–Crippen LogP) is 3.04. The molecule has 8 nitrogen and oxygen atoms in total. The van der Waals surface area contributed by atoms with Gasteiger partial charge in [-0.15, -0.1) is 0 Å². The van der Waals surface area contributed by atoms with E-state index in [-0.39, 0.29) is 12.2 Å². The average molecular weight is 454 g/mol. The lowest BCUT2D eigenvalue weighted by molar-refractivity contribution is 0.0991. The molecule has 2 saturated heterocycles. The number of nitrogens with zero attached hydrogens (tertiary/aromatic N) is 6. The monoisotopic (exact) mass is 453 g/mol. The van der Waals surface area contributed by atoms with Crippen LogP contribution in [0.3, 0.4) is 0 Å². The fourth-order valence-electron chi connectivity index (χ4n) is 5.00. The second-order valence-corrected chi connectivity index (χ2v) is 9.61. The van der Waals surface area contributed by atoms with Gasteiger partial charge in [0.15, 0.2) is 5.78 Å². The van der Waals surface area contributed by atoms with E-state index in [0.29, 0.717) is 16.7 Å². The molecule has 1 N–H and O–H groups in total. The molecule has 1 aromatic carbocycles. The van der Waals surface area contributed by atoms with Gasteiger partial charge in [-0.2, -0.15) is 15.3 Å². The average Bonchev–Trinajstić information content (AvgIpc) is 3.29. The molecular weight excluding hydrogens is 426 g/mol. The van der Waals surface area contributed by atoms with E-state index in [4.69, 9.17) is 0 Å². The fourth-order valence-corrected chi connectivity index (χ4v) is 5.00. The number of carbonyl (C=O) groups excluding carboxylic acids is 1. The second kappa shape index (κ2) is 8.29. The topological polar surface area (TPSA) is 88.8 Å². The van der Waals surface area contributed by atoms with Gasteiger partial charge in [-0.05, 0) is 54.2 Å². The summed E-state index contributed by atoms with van der Waals surface area (Å²) in [7, 11) is 1.90. The van der Waals surface area contributed by atoms with Crippen LogP contribution in [0.2, 0.25) is 0 Å². The summed E-state index contributed by atoms with van der Waals surface area (Å²) in [5, 5.41) is 17.3. The summed E-state index contributed by atoms with van der Waals surface area (Å²) in [6.45, 7) is 4.23. The van der Waals surface area contributed by atoms with Crippen LogP contribution >= 0.6 is 0 Å². The summed E-state index contributed by atoms with van der Waals surface area (Å²) in [4.78, 5) is 20.0. The van der Waals surface area contributed by atoms with E-state index in [1.54, 1.807) is 16.9 Å². The van der Waals surface area contributed by atoms with Crippen LogP contribution in [0, 0.1) is 5.41 Å². The van der Waals surface area contributed by atoms with Crippen LogP contribution in [-0.2, 0) is 13.5 Å². The van der Waals surface area contributed by atoms with Gasteiger partial charge in [0.2, 0.25) is 0 Å². The smallest absolute Gasteiger partial charge is 0.169 e. The first-order valence-electron chi connectivity index (χ1n) is 11.8. The van der Waals surface area contributed by atoms with Crippen LogP contribution in [0.15, 0.2) is 55.0 Å². The van der Waals surface area contributed by atoms with Gasteiger partial charge in [-0.25, -0.2) is 4.98 Å². The number of carbonyl (C=O) groups is 1. The highest BCUT2D eigenvalue weighted by atomic mass is 16.1. The predicted molar refractivity (Wildman–Crippen MR) is 131 cm³/mol. The number of fused-ring (bicyclic) bond motifs is 1. The third-order valence-electron chi connectivity index (χ3n) is 7.23. The summed E-state index contributed by atoms with van der Waals surface area (Å²) in [5.41, 5.74) is 4.72. The van der Waals surface area contributed by atoms with Crippen molar-refractivity contribution in [3.8, 4) is 11.1 Å². The van der Waals surface area contributed by atoms with E-state index in [2.05, 4.69) is 36.6 Å². The van der Waals surface area contributed by atoms with Crippen LogP contribution in [0.25, 0.3) is 22.0 Å². The first-order valence-corrected chi connectivity index (χ1v) is 11.8. The lowest BCUT2D eigenvalue weighted by Gasteiger charge is -2.48. The third kappa shape index (κ3) is 3.94. The molecule has 2 fully saturated rings. The lowest BCUT2D eigenvalue weighted by Crippen LogP contribution is -2.58. The van der Waals surface area contributed by atoms with Crippen molar-refractivity contribution in [2.45, 2.75) is 19.3 Å². The summed E-state index contributed by atoms with van der Waals surface area (Å²) in [5.74, 6) is 0.913. The minimum atomic E-state index is 0.0254. The van der Waals surface area contributed by atoms with Gasteiger partial charge in [-0.3, -0.25) is 9.48 Å². The highest BCUT2D eigenvalue weighted by Crippen LogP contribution is 2.36. The molecule has 172 valence electrons. The van der Waals surface area contributed by atoms with Gasteiger partial charge in [0.25, 0.3) is 0 Å². The number of piperidine rings is 1. The number of Topliss-reactive ketones (excluding diaryl/α,β-unsaturated/α-hetero) is 1. The van der Waals surface area contributed by atoms with Crippen molar-refractivity contribution in [3.05, 3.63) is 66.2 Å². The first kappa shape index (κ1) is 20.9. The van der Waals surface area contributed by atoms with E-state index >= 15 is 0 Å². The second-order valence-electron chi connectivity index (χ2n) is 9.61. The van der Waals surface area contributed by atoms with Crippen molar-refractivity contribution < 1.29 is 4.79 Å². The lowest BCUT2D eigenvalue weighted by atomic mass is 9.73. The number of hydrogen-bond donors (Lipinski definition) is 1. The fraction of sp³-hybridized carbons (Fsp3) is 0.346. The van der Waals surface area contributed by atoms with Gasteiger partial charge < -0.3 is 10.2 Å². The molecule has 0 unspecified atom stereocenters. The Balaban J connectivity index is 1.19. The van der Waals surface area contributed by atoms with Crippen LogP contribution < -0.4 is 10.2 Å². The van der Waals surface area contributed by atoms with E-state index < -0.39 is 0 Å². The van der Waals surface area contributed by atoms with Crippen molar-refractivity contribution in [2.24, 2.45) is 12.5 Å². The number of rotatable bonds is 5. The summed E-state index contributed by atoms with van der Waals surface area (Å²) < 4.78 is 1.78. The molecular formula is C26H27N7O. The number of ketones is 1. The Kier molecular flexibility index (Phi) is 5.10. The van der Waals surface area contributed by atoms with Crippen molar-refractivity contribution in [3.63, 3.8) is 0 Å². The number of pyridine rings is 1. The summed E-state index contributed by atoms with van der Waals surface area (Å²) in [6, 6.07) is 11.7. The number of aromatic nitrogens is 5. The zero-order valence-electron chi connectivity index (χ0n) is 19.2. The third-order valence-corrected chi connectivity index (χ3v) is 7.23. The number of benzene rings is 1. The summed E-state index contributed by atoms with van der Waals surface area (Å²) in [6.07, 6.45) is 8.11. The van der Waals surface area contributed by atoms with E-state index in [1.165, 1.54) is 12.8 Å². The van der Waals surface area contributed by atoms with Crippen LogP contribution in [0.4, 0.5) is 5.82 Å². The zero-order chi connectivity index (χ0) is 23.1. The minimum absolute atomic E-state index is 0.0254. The molecule has 0 saturated carbocycles. The van der Waals surface area contributed by atoms with E-state index in [0.717, 1.165) is 54.0 Å². The Bertz CT molecular complexity index is 1360. The molecule has 34 heavy (non-hydrogen) atoms. The molecule has 8 heteroatoms. The number of hydrogen-bond acceptors (Lipinski definition) is 7. The molecule has 5 heterocycles. The number of anilines is 1. The van der Waals surface area contributed by atoms with Gasteiger partial charge in [0, 0.05) is 62.1 Å². The quantitative estimate of drug-likeness (QED) is 0.465. The Hall–Kier alpha value is -3.65. The maximum absolute atomic E-state index is 13.1. The van der Waals surface area contributed by atoms with E-state index in [1.807, 2.05) is 43.7 Å². The highest BCUT2D eigenvalue weighted by molar-refractivity contribution is 5.98. The Morgan fingerprint density at radius 3 is 2.65 bits per heavy atom. The molecule has 0 aliphatic carbocycles. The van der Waals surface area contributed by atoms with Crippen LogP contribution in [-0.4, -0.2) is 56.9 Å². The molecule has 2 aliphatic heterocycles. The first-order chi connectivity index (χ1) is 16.6. The standard InChI is InChI=1S/C26H27N7O/c1-32-15-21(14-29-32)18-2-3-23-20(10-18)11-22(30-31-23)13-24(34)19-4-7-28-25(12-19)33-8-5-26(6-9-33)16-27-17-26/h2-4,7,10-12,14-15,27H,5-6,8-9,13,16-17H2,1H3. The highest BCUT2D eigenvalue weighted by Gasteiger charge is 2.39.